The number of nitrogens with zero attached hydrogens (tertiary/aromatic N) is 5. The maximum absolute atomic E-state index is 12.0. The Morgan fingerprint density at radius 1 is 1.00 bits per heavy atom. The number of rotatable bonds is 3. The minimum Gasteiger partial charge on any atom is -0.457 e. The molecule has 3 aromatic rings. The zero-order valence-corrected chi connectivity index (χ0v) is 12.7. The predicted octanol–water partition coefficient (Wildman–Crippen LogP) is 2.66. The van der Waals surface area contributed by atoms with Gasteiger partial charge in [0, 0.05) is 19.7 Å². The molecule has 1 heterocycles. The third-order valence-electron chi connectivity index (χ3n) is 3.12. The lowest BCUT2D eigenvalue weighted by Gasteiger charge is -2.10. The Balaban J connectivity index is 1.83. The molecule has 0 unspecified atom stereocenters. The Morgan fingerprint density at radius 2 is 1.65 bits per heavy atom. The summed E-state index contributed by atoms with van der Waals surface area (Å²) in [4.78, 5) is 13.4. The quantitative estimate of drug-likeness (QED) is 0.695. The van der Waals surface area contributed by atoms with Crippen LogP contribution in [0.3, 0.4) is 0 Å². The summed E-state index contributed by atoms with van der Waals surface area (Å²) in [5.41, 5.74) is 0.727. The van der Waals surface area contributed by atoms with Gasteiger partial charge in [0.05, 0.1) is 0 Å². The lowest BCUT2D eigenvalue weighted by atomic mass is 10.2. The standard InChI is InChI=1S/C16H15N5O2/c1-20(2)16(22)21-15(17-18-19-21)12-8-10-14(11-9-12)23-13-6-4-3-5-7-13/h3-11H,1-2H3. The number of para-hydroxylation sites is 1. The number of hydrogen-bond acceptors (Lipinski definition) is 5. The van der Waals surface area contributed by atoms with Gasteiger partial charge in [-0.1, -0.05) is 18.2 Å². The van der Waals surface area contributed by atoms with E-state index in [9.17, 15) is 4.79 Å². The van der Waals surface area contributed by atoms with E-state index in [0.717, 1.165) is 16.0 Å². The van der Waals surface area contributed by atoms with Gasteiger partial charge in [0.15, 0.2) is 5.82 Å². The van der Waals surface area contributed by atoms with Gasteiger partial charge in [-0.3, -0.25) is 0 Å². The fourth-order valence-corrected chi connectivity index (χ4v) is 1.98. The monoisotopic (exact) mass is 309 g/mol. The number of aromatic nitrogens is 4. The van der Waals surface area contributed by atoms with Gasteiger partial charge in [0.1, 0.15) is 11.5 Å². The van der Waals surface area contributed by atoms with Crippen LogP contribution in [0.1, 0.15) is 0 Å². The molecular formula is C16H15N5O2. The zero-order chi connectivity index (χ0) is 16.2. The first-order valence-corrected chi connectivity index (χ1v) is 6.98. The van der Waals surface area contributed by atoms with Crippen LogP contribution in [0.2, 0.25) is 0 Å². The van der Waals surface area contributed by atoms with Crippen LogP contribution in [0.5, 0.6) is 11.5 Å². The van der Waals surface area contributed by atoms with Crippen LogP contribution < -0.4 is 4.74 Å². The summed E-state index contributed by atoms with van der Waals surface area (Å²) in [5, 5.41) is 11.2. The largest absolute Gasteiger partial charge is 0.457 e. The van der Waals surface area contributed by atoms with Crippen LogP contribution in [-0.4, -0.2) is 45.2 Å². The molecule has 3 rings (SSSR count). The van der Waals surface area contributed by atoms with Gasteiger partial charge < -0.3 is 9.64 Å². The average Bonchev–Trinajstić information content (AvgIpc) is 3.05. The van der Waals surface area contributed by atoms with Crippen LogP contribution in [0.15, 0.2) is 54.6 Å². The number of tetrazole rings is 1. The minimum atomic E-state index is -0.311. The van der Waals surface area contributed by atoms with E-state index in [1.807, 2.05) is 54.6 Å². The Kier molecular flexibility index (Phi) is 4.01. The van der Waals surface area contributed by atoms with Crippen molar-refractivity contribution in [2.45, 2.75) is 0 Å². The number of amides is 1. The van der Waals surface area contributed by atoms with E-state index in [1.54, 1.807) is 14.1 Å². The molecule has 0 saturated heterocycles. The molecule has 2 aromatic carbocycles. The highest BCUT2D eigenvalue weighted by atomic mass is 16.5. The second-order valence-electron chi connectivity index (χ2n) is 5.03. The van der Waals surface area contributed by atoms with E-state index < -0.39 is 0 Å². The van der Waals surface area contributed by atoms with Crippen molar-refractivity contribution >= 4 is 6.03 Å². The van der Waals surface area contributed by atoms with Gasteiger partial charge in [0.2, 0.25) is 0 Å². The summed E-state index contributed by atoms with van der Waals surface area (Å²) in [6.07, 6.45) is 0. The summed E-state index contributed by atoms with van der Waals surface area (Å²) in [6.45, 7) is 0. The molecule has 0 radical (unpaired) electrons. The Labute approximate surface area is 133 Å². The van der Waals surface area contributed by atoms with Crippen molar-refractivity contribution in [2.75, 3.05) is 14.1 Å². The van der Waals surface area contributed by atoms with Crippen LogP contribution in [0.4, 0.5) is 4.79 Å². The molecule has 0 aliphatic rings. The lowest BCUT2D eigenvalue weighted by molar-refractivity contribution is 0.215. The van der Waals surface area contributed by atoms with Gasteiger partial charge in [-0.25, -0.2) is 4.79 Å². The topological polar surface area (TPSA) is 73.1 Å². The molecule has 0 saturated carbocycles. The van der Waals surface area contributed by atoms with Crippen molar-refractivity contribution in [1.82, 2.24) is 25.1 Å². The first-order chi connectivity index (χ1) is 11.1. The third kappa shape index (κ3) is 3.18. The van der Waals surface area contributed by atoms with Crippen molar-refractivity contribution in [3.8, 4) is 22.9 Å². The zero-order valence-electron chi connectivity index (χ0n) is 12.7. The maximum Gasteiger partial charge on any atom is 0.347 e. The molecule has 0 aliphatic carbocycles. The summed E-state index contributed by atoms with van der Waals surface area (Å²) in [7, 11) is 3.29. The molecule has 7 nitrogen and oxygen atoms in total. The van der Waals surface area contributed by atoms with Crippen molar-refractivity contribution in [2.24, 2.45) is 0 Å². The van der Waals surface area contributed by atoms with Crippen molar-refractivity contribution in [3.63, 3.8) is 0 Å². The molecular weight excluding hydrogens is 294 g/mol. The summed E-state index contributed by atoms with van der Waals surface area (Å²) in [5.74, 6) is 1.83. The van der Waals surface area contributed by atoms with Crippen molar-refractivity contribution in [1.29, 1.82) is 0 Å². The van der Waals surface area contributed by atoms with Crippen LogP contribution in [-0.2, 0) is 0 Å². The predicted molar refractivity (Wildman–Crippen MR) is 84.3 cm³/mol. The van der Waals surface area contributed by atoms with Gasteiger partial charge in [-0.2, -0.15) is 0 Å². The summed E-state index contributed by atoms with van der Waals surface area (Å²) in [6, 6.07) is 16.4. The molecule has 0 fully saturated rings. The fraction of sp³-hybridized carbons (Fsp3) is 0.125. The molecule has 0 spiro atoms. The molecule has 1 amide bonds. The van der Waals surface area contributed by atoms with Crippen LogP contribution in [0.25, 0.3) is 11.4 Å². The number of carbonyl (C=O) groups excluding carboxylic acids is 1. The summed E-state index contributed by atoms with van der Waals surface area (Å²) < 4.78 is 6.89. The van der Waals surface area contributed by atoms with Gasteiger partial charge in [-0.15, -0.1) is 9.78 Å². The molecule has 0 atom stereocenters. The third-order valence-corrected chi connectivity index (χ3v) is 3.12. The first-order valence-electron chi connectivity index (χ1n) is 6.98. The van der Waals surface area contributed by atoms with Crippen LogP contribution >= 0.6 is 0 Å². The SMILES string of the molecule is CN(C)C(=O)n1nnnc1-c1ccc(Oc2ccccc2)cc1. The van der Waals surface area contributed by atoms with Gasteiger partial charge in [-0.05, 0) is 46.8 Å². The van der Waals surface area contributed by atoms with Gasteiger partial charge >= 0.3 is 6.03 Å². The minimum absolute atomic E-state index is 0.311. The Bertz CT molecular complexity index is 797. The van der Waals surface area contributed by atoms with E-state index in [2.05, 4.69) is 15.5 Å². The molecule has 7 heteroatoms. The molecule has 0 bridgehead atoms. The molecule has 23 heavy (non-hydrogen) atoms. The van der Waals surface area contributed by atoms with E-state index in [4.69, 9.17) is 4.74 Å². The second-order valence-corrected chi connectivity index (χ2v) is 5.03. The van der Waals surface area contributed by atoms with Crippen molar-refractivity contribution in [3.05, 3.63) is 54.6 Å². The Hall–Kier alpha value is -3.22. The van der Waals surface area contributed by atoms with E-state index in [-0.39, 0.29) is 6.03 Å². The van der Waals surface area contributed by atoms with Crippen molar-refractivity contribution < 1.29 is 9.53 Å². The molecule has 0 aliphatic heterocycles. The summed E-state index contributed by atoms with van der Waals surface area (Å²) >= 11 is 0. The average molecular weight is 309 g/mol. The van der Waals surface area contributed by atoms with E-state index >= 15 is 0 Å². The molecule has 0 N–H and O–H groups in total. The fourth-order valence-electron chi connectivity index (χ4n) is 1.98. The number of hydrogen-bond donors (Lipinski definition) is 0. The normalized spacial score (nSPS) is 10.3. The van der Waals surface area contributed by atoms with Crippen LogP contribution in [0, 0.1) is 0 Å². The molecule has 1 aromatic heterocycles. The van der Waals surface area contributed by atoms with E-state index in [1.165, 1.54) is 4.90 Å². The Morgan fingerprint density at radius 3 is 2.30 bits per heavy atom. The second kappa shape index (κ2) is 6.27. The molecule has 116 valence electrons. The highest BCUT2D eigenvalue weighted by molar-refractivity contribution is 5.79. The first kappa shape index (κ1) is 14.7. The number of benzene rings is 2. The number of ether oxygens (including phenoxy) is 1. The number of carbonyl (C=O) groups is 1. The maximum atomic E-state index is 12.0. The lowest BCUT2D eigenvalue weighted by Crippen LogP contribution is -2.28. The van der Waals surface area contributed by atoms with E-state index in [0.29, 0.717) is 11.6 Å². The highest BCUT2D eigenvalue weighted by Crippen LogP contribution is 2.24. The highest BCUT2D eigenvalue weighted by Gasteiger charge is 2.16. The van der Waals surface area contributed by atoms with Gasteiger partial charge in [0.25, 0.3) is 0 Å². The smallest absolute Gasteiger partial charge is 0.347 e.